The van der Waals surface area contributed by atoms with Crippen LogP contribution in [0.5, 0.6) is 5.75 Å². The summed E-state index contributed by atoms with van der Waals surface area (Å²) in [4.78, 5) is 11.1. The summed E-state index contributed by atoms with van der Waals surface area (Å²) < 4.78 is 5.40. The molecule has 0 aromatic heterocycles. The molecule has 0 aliphatic heterocycles. The van der Waals surface area contributed by atoms with E-state index < -0.39 is 12.1 Å². The fraction of sp³-hybridized carbons (Fsp3) is 0.0714. The molecule has 1 atom stereocenters. The van der Waals surface area contributed by atoms with Crippen LogP contribution < -0.4 is 39.4 Å². The smallest absolute Gasteiger partial charge is 0.546 e. The Hall–Kier alpha value is -1.29. The van der Waals surface area contributed by atoms with Gasteiger partial charge in [-0.1, -0.05) is 48.5 Å². The number of carboxylic acids is 1. The molecule has 0 N–H and O–H groups in total. The maximum atomic E-state index is 11.1. The van der Waals surface area contributed by atoms with Crippen LogP contribution in [0.1, 0.15) is 11.7 Å². The molecular weight excluding hydrogens is 239 g/mol. The minimum atomic E-state index is -1.25. The summed E-state index contributed by atoms with van der Waals surface area (Å²) in [5, 5.41) is 11.1. The Bertz CT molecular complexity index is 485. The van der Waals surface area contributed by atoms with Crippen molar-refractivity contribution in [3.63, 3.8) is 0 Å². The van der Waals surface area contributed by atoms with Gasteiger partial charge >= 0.3 is 29.6 Å². The van der Waals surface area contributed by atoms with Crippen molar-refractivity contribution >= 4 is 5.97 Å². The molecule has 0 radical (unpaired) electrons. The molecular formula is C14H11NaO3. The normalized spacial score (nSPS) is 11.1. The van der Waals surface area contributed by atoms with Crippen molar-refractivity contribution in [1.29, 1.82) is 0 Å². The third-order valence-electron chi connectivity index (χ3n) is 2.31. The van der Waals surface area contributed by atoms with Gasteiger partial charge in [0, 0.05) is 0 Å². The molecule has 3 nitrogen and oxygen atoms in total. The van der Waals surface area contributed by atoms with E-state index in [-0.39, 0.29) is 29.6 Å². The van der Waals surface area contributed by atoms with Crippen molar-refractivity contribution in [2.75, 3.05) is 0 Å². The molecule has 0 aliphatic rings. The van der Waals surface area contributed by atoms with Crippen molar-refractivity contribution in [3.8, 4) is 5.75 Å². The number of aliphatic carboxylic acids is 1. The second-order valence-corrected chi connectivity index (χ2v) is 3.54. The number of ether oxygens (including phenoxy) is 1. The average Bonchev–Trinajstić information content (AvgIpc) is 2.38. The van der Waals surface area contributed by atoms with E-state index in [9.17, 15) is 9.90 Å². The molecule has 4 heteroatoms. The molecule has 0 spiro atoms. The molecule has 0 amide bonds. The molecule has 0 saturated heterocycles. The van der Waals surface area contributed by atoms with Gasteiger partial charge in [0.15, 0.2) is 6.10 Å². The molecule has 0 saturated carbocycles. The second-order valence-electron chi connectivity index (χ2n) is 3.54. The Morgan fingerprint density at radius 2 is 1.44 bits per heavy atom. The average molecular weight is 250 g/mol. The van der Waals surface area contributed by atoms with Gasteiger partial charge < -0.3 is 14.6 Å². The minimum absolute atomic E-state index is 0. The molecule has 0 fully saturated rings. The summed E-state index contributed by atoms with van der Waals surface area (Å²) in [5.41, 5.74) is 0.566. The van der Waals surface area contributed by atoms with Gasteiger partial charge in [0.2, 0.25) is 0 Å². The minimum Gasteiger partial charge on any atom is -0.546 e. The SMILES string of the molecule is O=C([O-])C(Oc1ccccc1)c1ccccc1.[Na+]. The van der Waals surface area contributed by atoms with Crippen LogP contribution in [-0.4, -0.2) is 5.97 Å². The van der Waals surface area contributed by atoms with E-state index in [4.69, 9.17) is 4.74 Å². The fourth-order valence-corrected chi connectivity index (χ4v) is 1.52. The Labute approximate surface area is 128 Å². The monoisotopic (exact) mass is 250 g/mol. The maximum absolute atomic E-state index is 11.1. The Morgan fingerprint density at radius 1 is 0.944 bits per heavy atom. The van der Waals surface area contributed by atoms with Gasteiger partial charge in [0.05, 0.1) is 5.97 Å². The Morgan fingerprint density at radius 3 is 1.94 bits per heavy atom. The quantitative estimate of drug-likeness (QED) is 0.625. The molecule has 86 valence electrons. The van der Waals surface area contributed by atoms with Gasteiger partial charge in [-0.3, -0.25) is 0 Å². The maximum Gasteiger partial charge on any atom is 1.00 e. The summed E-state index contributed by atoms with van der Waals surface area (Å²) in [5.74, 6) is -0.745. The van der Waals surface area contributed by atoms with Crippen LogP contribution in [0.2, 0.25) is 0 Å². The number of carbonyl (C=O) groups is 1. The third-order valence-corrected chi connectivity index (χ3v) is 2.31. The Balaban J connectivity index is 0.00000162. The number of rotatable bonds is 4. The predicted molar refractivity (Wildman–Crippen MR) is 61.3 cm³/mol. The zero-order chi connectivity index (χ0) is 12.1. The van der Waals surface area contributed by atoms with Crippen molar-refractivity contribution in [2.45, 2.75) is 6.10 Å². The summed E-state index contributed by atoms with van der Waals surface area (Å²) in [6, 6.07) is 17.6. The summed E-state index contributed by atoms with van der Waals surface area (Å²) in [6.45, 7) is 0. The number of benzene rings is 2. The van der Waals surface area contributed by atoms with Crippen molar-refractivity contribution in [1.82, 2.24) is 0 Å². The molecule has 2 rings (SSSR count). The zero-order valence-corrected chi connectivity index (χ0v) is 12.1. The first-order valence-corrected chi connectivity index (χ1v) is 5.25. The van der Waals surface area contributed by atoms with Crippen molar-refractivity contribution in [2.24, 2.45) is 0 Å². The van der Waals surface area contributed by atoms with Crippen LogP contribution in [0, 0.1) is 0 Å². The van der Waals surface area contributed by atoms with Crippen LogP contribution in [0.4, 0.5) is 0 Å². The van der Waals surface area contributed by atoms with E-state index >= 15 is 0 Å². The third kappa shape index (κ3) is 3.88. The molecule has 2 aromatic carbocycles. The fourth-order valence-electron chi connectivity index (χ4n) is 1.52. The number of hydrogen-bond donors (Lipinski definition) is 0. The first kappa shape index (κ1) is 14.8. The van der Waals surface area contributed by atoms with Crippen molar-refractivity contribution < 1.29 is 44.2 Å². The van der Waals surface area contributed by atoms with Crippen LogP contribution >= 0.6 is 0 Å². The number of hydrogen-bond acceptors (Lipinski definition) is 3. The van der Waals surface area contributed by atoms with Crippen molar-refractivity contribution in [3.05, 3.63) is 66.2 Å². The second kappa shape index (κ2) is 7.21. The number of carboxylic acid groups (broad SMARTS) is 1. The van der Waals surface area contributed by atoms with E-state index in [1.807, 2.05) is 12.1 Å². The number of carbonyl (C=O) groups excluding carboxylic acids is 1. The number of para-hydroxylation sites is 1. The van der Waals surface area contributed by atoms with Crippen LogP contribution in [-0.2, 0) is 4.79 Å². The molecule has 0 aliphatic carbocycles. The van der Waals surface area contributed by atoms with Gasteiger partial charge in [-0.25, -0.2) is 0 Å². The van der Waals surface area contributed by atoms with Gasteiger partial charge in [-0.05, 0) is 17.7 Å². The first-order chi connectivity index (χ1) is 8.27. The van der Waals surface area contributed by atoms with Gasteiger partial charge in [0.1, 0.15) is 5.75 Å². The molecule has 0 bridgehead atoms. The van der Waals surface area contributed by atoms with Crippen LogP contribution in [0.25, 0.3) is 0 Å². The Kier molecular flexibility index (Phi) is 5.92. The van der Waals surface area contributed by atoms with Crippen LogP contribution in [0.15, 0.2) is 60.7 Å². The molecule has 18 heavy (non-hydrogen) atoms. The van der Waals surface area contributed by atoms with E-state index in [1.54, 1.807) is 48.5 Å². The van der Waals surface area contributed by atoms with Crippen LogP contribution in [0.3, 0.4) is 0 Å². The van der Waals surface area contributed by atoms with E-state index in [0.29, 0.717) is 11.3 Å². The van der Waals surface area contributed by atoms with E-state index in [1.165, 1.54) is 0 Å². The topological polar surface area (TPSA) is 49.4 Å². The largest absolute Gasteiger partial charge is 1.00 e. The summed E-state index contributed by atoms with van der Waals surface area (Å²) in [6.07, 6.45) is -1.08. The van der Waals surface area contributed by atoms with E-state index in [0.717, 1.165) is 0 Å². The van der Waals surface area contributed by atoms with Gasteiger partial charge in [-0.15, -0.1) is 0 Å². The molecule has 0 heterocycles. The zero-order valence-electron chi connectivity index (χ0n) is 10.1. The first-order valence-electron chi connectivity index (χ1n) is 5.25. The summed E-state index contributed by atoms with van der Waals surface area (Å²) >= 11 is 0. The van der Waals surface area contributed by atoms with Gasteiger partial charge in [0.25, 0.3) is 0 Å². The summed E-state index contributed by atoms with van der Waals surface area (Å²) in [7, 11) is 0. The predicted octanol–water partition coefficient (Wildman–Crippen LogP) is -1.44. The molecule has 2 aromatic rings. The van der Waals surface area contributed by atoms with E-state index in [2.05, 4.69) is 0 Å². The van der Waals surface area contributed by atoms with Gasteiger partial charge in [-0.2, -0.15) is 0 Å². The molecule has 1 unspecified atom stereocenters. The standard InChI is InChI=1S/C14H12O3.Na/c15-14(16)13(11-7-3-1-4-8-11)17-12-9-5-2-6-10-12;/h1-10,13H,(H,15,16);/q;+1/p-1.